The molecule has 1 atom stereocenters. The number of benzene rings is 1. The van der Waals surface area contributed by atoms with Crippen molar-refractivity contribution in [2.45, 2.75) is 38.6 Å². The van der Waals surface area contributed by atoms with Gasteiger partial charge >= 0.3 is 0 Å². The molecule has 1 aromatic carbocycles. The second-order valence-corrected chi connectivity index (χ2v) is 5.76. The maximum Gasteiger partial charge on any atom is 0.0326 e. The number of rotatable bonds is 6. The lowest BCUT2D eigenvalue weighted by molar-refractivity contribution is 0.387. The summed E-state index contributed by atoms with van der Waals surface area (Å²) in [6.07, 6.45) is 5.07. The summed E-state index contributed by atoms with van der Waals surface area (Å²) in [6.45, 7) is 4.53. The summed E-state index contributed by atoms with van der Waals surface area (Å²) in [5.41, 5.74) is 4.48. The average Bonchev–Trinajstić information content (AvgIpc) is 2.71. The largest absolute Gasteiger partial charge is 0.310 e. The molecule has 1 aliphatic rings. The van der Waals surface area contributed by atoms with Gasteiger partial charge < -0.3 is 10.2 Å². The predicted octanol–water partition coefficient (Wildman–Crippen LogP) is 2.91. The molecule has 2 heteroatoms. The minimum Gasteiger partial charge on any atom is -0.310 e. The Morgan fingerprint density at radius 2 is 2.11 bits per heavy atom. The molecule has 1 N–H and O–H groups in total. The van der Waals surface area contributed by atoms with Gasteiger partial charge in [-0.3, -0.25) is 0 Å². The third kappa shape index (κ3) is 3.56. The lowest BCUT2D eigenvalue weighted by Crippen LogP contribution is -2.22. The molecule has 0 radical (unpaired) electrons. The lowest BCUT2D eigenvalue weighted by Gasteiger charge is -2.15. The van der Waals surface area contributed by atoms with E-state index in [0.29, 0.717) is 6.04 Å². The summed E-state index contributed by atoms with van der Waals surface area (Å²) in [6, 6.07) is 7.50. The normalized spacial score (nSPS) is 18.3. The molecule has 0 spiro atoms. The monoisotopic (exact) mass is 246 g/mol. The third-order valence-electron chi connectivity index (χ3n) is 3.80. The first-order valence-electron chi connectivity index (χ1n) is 7.14. The number of hydrogen-bond donors (Lipinski definition) is 1. The van der Waals surface area contributed by atoms with E-state index in [9.17, 15) is 0 Å². The molecule has 0 heterocycles. The first kappa shape index (κ1) is 13.6. The van der Waals surface area contributed by atoms with Crippen LogP contribution in [-0.4, -0.2) is 32.1 Å². The van der Waals surface area contributed by atoms with E-state index in [4.69, 9.17) is 0 Å². The highest BCUT2D eigenvalue weighted by Gasteiger charge is 2.21. The van der Waals surface area contributed by atoms with Gasteiger partial charge in [-0.2, -0.15) is 0 Å². The van der Waals surface area contributed by atoms with Crippen LogP contribution in [0.25, 0.3) is 0 Å². The fraction of sp³-hybridized carbons (Fsp3) is 0.625. The number of nitrogens with zero attached hydrogens (tertiary/aromatic N) is 1. The number of aryl methyl sites for hydroxylation is 2. The van der Waals surface area contributed by atoms with Crippen molar-refractivity contribution in [3.05, 3.63) is 34.9 Å². The average molecular weight is 246 g/mol. The van der Waals surface area contributed by atoms with Crippen molar-refractivity contribution < 1.29 is 0 Å². The van der Waals surface area contributed by atoms with Gasteiger partial charge in [-0.25, -0.2) is 0 Å². The van der Waals surface area contributed by atoms with Gasteiger partial charge in [0, 0.05) is 6.04 Å². The fourth-order valence-corrected chi connectivity index (χ4v) is 2.76. The van der Waals surface area contributed by atoms with Gasteiger partial charge in [-0.05, 0) is 70.9 Å². The molecular weight excluding hydrogens is 220 g/mol. The molecule has 100 valence electrons. The summed E-state index contributed by atoms with van der Waals surface area (Å²) in [5.74, 6) is 0. The fourth-order valence-electron chi connectivity index (χ4n) is 2.76. The Bertz CT molecular complexity index is 385. The Hall–Kier alpha value is -0.860. The highest BCUT2D eigenvalue weighted by atomic mass is 15.0. The number of nitrogens with one attached hydrogen (secondary N) is 1. The van der Waals surface area contributed by atoms with Gasteiger partial charge in [0.25, 0.3) is 0 Å². The summed E-state index contributed by atoms with van der Waals surface area (Å²) in [7, 11) is 4.28. The first-order chi connectivity index (χ1) is 8.66. The topological polar surface area (TPSA) is 15.3 Å². The van der Waals surface area contributed by atoms with Crippen molar-refractivity contribution in [1.29, 1.82) is 0 Å². The van der Waals surface area contributed by atoms with Crippen molar-refractivity contribution in [3.8, 4) is 0 Å². The van der Waals surface area contributed by atoms with Crippen LogP contribution < -0.4 is 5.32 Å². The van der Waals surface area contributed by atoms with Gasteiger partial charge in [0.1, 0.15) is 0 Å². The predicted molar refractivity (Wildman–Crippen MR) is 78.0 cm³/mol. The summed E-state index contributed by atoms with van der Waals surface area (Å²) in [4.78, 5) is 2.26. The summed E-state index contributed by atoms with van der Waals surface area (Å²) >= 11 is 0. The summed E-state index contributed by atoms with van der Waals surface area (Å²) < 4.78 is 0. The van der Waals surface area contributed by atoms with E-state index in [1.54, 1.807) is 11.1 Å². The van der Waals surface area contributed by atoms with E-state index in [2.05, 4.69) is 49.4 Å². The van der Waals surface area contributed by atoms with Gasteiger partial charge in [-0.1, -0.05) is 23.8 Å². The highest BCUT2D eigenvalue weighted by Crippen LogP contribution is 2.31. The van der Waals surface area contributed by atoms with Crippen LogP contribution in [0.3, 0.4) is 0 Å². The Kier molecular flexibility index (Phi) is 4.79. The van der Waals surface area contributed by atoms with Crippen LogP contribution in [-0.2, 0) is 6.42 Å². The van der Waals surface area contributed by atoms with Crippen LogP contribution in [0.4, 0.5) is 0 Å². The molecule has 0 saturated carbocycles. The molecule has 1 aromatic rings. The molecule has 0 fully saturated rings. The number of fused-ring (bicyclic) bond motifs is 1. The van der Waals surface area contributed by atoms with E-state index >= 15 is 0 Å². The molecule has 0 aliphatic heterocycles. The molecular formula is C16H26N2. The van der Waals surface area contributed by atoms with E-state index in [1.165, 1.54) is 37.8 Å². The van der Waals surface area contributed by atoms with Crippen LogP contribution in [0.1, 0.15) is 42.0 Å². The molecule has 0 bridgehead atoms. The van der Waals surface area contributed by atoms with Crippen molar-refractivity contribution in [3.63, 3.8) is 0 Å². The van der Waals surface area contributed by atoms with E-state index in [-0.39, 0.29) is 0 Å². The zero-order valence-electron chi connectivity index (χ0n) is 12.0. The summed E-state index contributed by atoms with van der Waals surface area (Å²) in [5, 5.41) is 3.72. The minimum atomic E-state index is 0.597. The van der Waals surface area contributed by atoms with Gasteiger partial charge in [-0.15, -0.1) is 0 Å². The molecule has 2 nitrogen and oxygen atoms in total. The zero-order valence-corrected chi connectivity index (χ0v) is 12.0. The van der Waals surface area contributed by atoms with Crippen LogP contribution in [0.5, 0.6) is 0 Å². The first-order valence-corrected chi connectivity index (χ1v) is 7.14. The molecule has 1 aliphatic carbocycles. The van der Waals surface area contributed by atoms with Gasteiger partial charge in [0.05, 0.1) is 0 Å². The lowest BCUT2D eigenvalue weighted by atomic mass is 10.0. The SMILES string of the molecule is Cc1ccc2c(c1)C(NCCCCN(C)C)CC2. The zero-order chi connectivity index (χ0) is 13.0. The quantitative estimate of drug-likeness (QED) is 0.776. The smallest absolute Gasteiger partial charge is 0.0326 e. The Morgan fingerprint density at radius 3 is 2.89 bits per heavy atom. The molecule has 0 saturated heterocycles. The van der Waals surface area contributed by atoms with Crippen molar-refractivity contribution in [2.24, 2.45) is 0 Å². The van der Waals surface area contributed by atoms with E-state index < -0.39 is 0 Å². The van der Waals surface area contributed by atoms with E-state index in [0.717, 1.165) is 6.54 Å². The minimum absolute atomic E-state index is 0.597. The van der Waals surface area contributed by atoms with Gasteiger partial charge in [0.2, 0.25) is 0 Å². The maximum absolute atomic E-state index is 3.72. The Morgan fingerprint density at radius 1 is 1.28 bits per heavy atom. The standard InChI is InChI=1S/C16H26N2/c1-13-6-7-14-8-9-16(15(14)12-13)17-10-4-5-11-18(2)3/h6-7,12,16-17H,4-5,8-11H2,1-3H3. The van der Waals surface area contributed by atoms with Crippen molar-refractivity contribution >= 4 is 0 Å². The van der Waals surface area contributed by atoms with Crippen LogP contribution in [0.2, 0.25) is 0 Å². The molecule has 0 aromatic heterocycles. The van der Waals surface area contributed by atoms with Crippen molar-refractivity contribution in [2.75, 3.05) is 27.2 Å². The molecule has 2 rings (SSSR count). The number of hydrogen-bond acceptors (Lipinski definition) is 2. The highest BCUT2D eigenvalue weighted by molar-refractivity contribution is 5.37. The Labute approximate surface area is 111 Å². The Balaban J connectivity index is 1.77. The maximum atomic E-state index is 3.72. The van der Waals surface area contributed by atoms with E-state index in [1.807, 2.05) is 0 Å². The van der Waals surface area contributed by atoms with Crippen LogP contribution in [0, 0.1) is 6.92 Å². The van der Waals surface area contributed by atoms with Crippen LogP contribution >= 0.6 is 0 Å². The number of unbranched alkanes of at least 4 members (excludes halogenated alkanes) is 1. The third-order valence-corrected chi connectivity index (χ3v) is 3.80. The second kappa shape index (κ2) is 6.35. The second-order valence-electron chi connectivity index (χ2n) is 5.76. The van der Waals surface area contributed by atoms with Crippen LogP contribution in [0.15, 0.2) is 18.2 Å². The van der Waals surface area contributed by atoms with Crippen molar-refractivity contribution in [1.82, 2.24) is 10.2 Å². The molecule has 18 heavy (non-hydrogen) atoms. The van der Waals surface area contributed by atoms with Gasteiger partial charge in [0.15, 0.2) is 0 Å². The molecule has 1 unspecified atom stereocenters. The molecule has 0 amide bonds.